The third-order valence-electron chi connectivity index (χ3n) is 3.14. The van der Waals surface area contributed by atoms with E-state index in [-0.39, 0.29) is 11.8 Å². The van der Waals surface area contributed by atoms with Crippen LogP contribution < -0.4 is 5.32 Å². The fraction of sp³-hybridized carbons (Fsp3) is 0.533. The van der Waals surface area contributed by atoms with Crippen LogP contribution in [0.2, 0.25) is 0 Å². The van der Waals surface area contributed by atoms with Crippen molar-refractivity contribution in [2.45, 2.75) is 45.6 Å². The second-order valence-corrected chi connectivity index (χ2v) is 4.56. The highest BCUT2D eigenvalue weighted by Crippen LogP contribution is 2.13. The Morgan fingerprint density at radius 1 is 1.32 bits per heavy atom. The molecule has 1 aromatic rings. The molecule has 0 amide bonds. The first kappa shape index (κ1) is 15.8. The molecule has 0 heterocycles. The maximum Gasteiger partial charge on any atom is 0.149 e. The summed E-state index contributed by atoms with van der Waals surface area (Å²) in [6, 6.07) is 3.47. The van der Waals surface area contributed by atoms with Gasteiger partial charge in [0.1, 0.15) is 17.4 Å². The molecule has 4 heteroatoms. The Balaban J connectivity index is 2.49. The molecule has 2 nitrogen and oxygen atoms in total. The van der Waals surface area contributed by atoms with Crippen LogP contribution >= 0.6 is 0 Å². The van der Waals surface area contributed by atoms with E-state index in [2.05, 4.69) is 5.32 Å². The van der Waals surface area contributed by atoms with E-state index in [1.807, 2.05) is 13.8 Å². The van der Waals surface area contributed by atoms with Gasteiger partial charge in [-0.25, -0.2) is 8.78 Å². The van der Waals surface area contributed by atoms with Gasteiger partial charge in [0.05, 0.1) is 6.04 Å². The molecule has 1 N–H and O–H groups in total. The largest absolute Gasteiger partial charge is 0.308 e. The molecule has 1 unspecified atom stereocenters. The highest BCUT2D eigenvalue weighted by atomic mass is 19.1. The van der Waals surface area contributed by atoms with Gasteiger partial charge >= 0.3 is 0 Å². The van der Waals surface area contributed by atoms with Gasteiger partial charge in [0.2, 0.25) is 0 Å². The van der Waals surface area contributed by atoms with Crippen LogP contribution in [0.4, 0.5) is 8.78 Å². The summed E-state index contributed by atoms with van der Waals surface area (Å²) in [6.07, 6.45) is 2.40. The molecule has 1 rings (SSSR count). The second-order valence-electron chi connectivity index (χ2n) is 4.56. The van der Waals surface area contributed by atoms with Gasteiger partial charge in [-0.15, -0.1) is 0 Å². The predicted molar refractivity (Wildman–Crippen MR) is 72.1 cm³/mol. The fourth-order valence-corrected chi connectivity index (χ4v) is 2.09. The number of hydrogen-bond acceptors (Lipinski definition) is 2. The lowest BCUT2D eigenvalue weighted by atomic mass is 10.0. The standard InChI is InChI=1S/C15H21F2NO/c1-3-15(19)14(18-4-2)7-5-6-11-8-9-12(16)10-13(11)17/h8-10,14,18H,3-7H2,1-2H3. The van der Waals surface area contributed by atoms with Crippen LogP contribution in [0.3, 0.4) is 0 Å². The van der Waals surface area contributed by atoms with Crippen LogP contribution in [0.15, 0.2) is 18.2 Å². The van der Waals surface area contributed by atoms with Gasteiger partial charge in [-0.2, -0.15) is 0 Å². The molecule has 0 aromatic heterocycles. The monoisotopic (exact) mass is 269 g/mol. The van der Waals surface area contributed by atoms with Gasteiger partial charge < -0.3 is 5.32 Å². The minimum absolute atomic E-state index is 0.154. The zero-order chi connectivity index (χ0) is 14.3. The Hall–Kier alpha value is -1.29. The Bertz CT molecular complexity index is 421. The highest BCUT2D eigenvalue weighted by molar-refractivity contribution is 5.83. The number of halogens is 2. The van der Waals surface area contributed by atoms with Gasteiger partial charge in [-0.3, -0.25) is 4.79 Å². The molecule has 0 spiro atoms. The Morgan fingerprint density at radius 2 is 2.05 bits per heavy atom. The number of ketones is 1. The summed E-state index contributed by atoms with van der Waals surface area (Å²) in [6.45, 7) is 4.53. The van der Waals surface area contributed by atoms with Crippen LogP contribution in [0.5, 0.6) is 0 Å². The number of carbonyl (C=O) groups is 1. The second kappa shape index (κ2) is 8.00. The van der Waals surface area contributed by atoms with Crippen LogP contribution in [0.1, 0.15) is 38.7 Å². The zero-order valence-corrected chi connectivity index (χ0v) is 11.5. The average Bonchev–Trinajstić information content (AvgIpc) is 2.39. The van der Waals surface area contributed by atoms with Gasteiger partial charge in [-0.05, 0) is 37.4 Å². The summed E-state index contributed by atoms with van der Waals surface area (Å²) in [5.41, 5.74) is 0.501. The number of hydrogen-bond donors (Lipinski definition) is 1. The van der Waals surface area contributed by atoms with E-state index in [0.29, 0.717) is 31.2 Å². The summed E-state index contributed by atoms with van der Waals surface area (Å²) >= 11 is 0. The SMILES string of the molecule is CCNC(CCCc1ccc(F)cc1F)C(=O)CC. The molecule has 1 aromatic carbocycles. The minimum Gasteiger partial charge on any atom is -0.308 e. The van der Waals surface area contributed by atoms with E-state index in [1.165, 1.54) is 12.1 Å². The van der Waals surface area contributed by atoms with Crippen LogP contribution in [-0.2, 0) is 11.2 Å². The smallest absolute Gasteiger partial charge is 0.149 e. The van der Waals surface area contributed by atoms with Gasteiger partial charge in [0, 0.05) is 12.5 Å². The maximum absolute atomic E-state index is 13.4. The van der Waals surface area contributed by atoms with Gasteiger partial charge in [0.25, 0.3) is 0 Å². The molecule has 0 aliphatic carbocycles. The van der Waals surface area contributed by atoms with E-state index in [9.17, 15) is 13.6 Å². The first-order valence-corrected chi connectivity index (χ1v) is 6.78. The normalized spacial score (nSPS) is 12.4. The summed E-state index contributed by atoms with van der Waals surface area (Å²) in [7, 11) is 0. The Morgan fingerprint density at radius 3 is 2.63 bits per heavy atom. The lowest BCUT2D eigenvalue weighted by Crippen LogP contribution is -2.36. The van der Waals surface area contributed by atoms with Crippen LogP contribution in [0, 0.1) is 11.6 Å². The van der Waals surface area contributed by atoms with Crippen molar-refractivity contribution in [2.75, 3.05) is 6.54 Å². The minimum atomic E-state index is -0.562. The first-order valence-electron chi connectivity index (χ1n) is 6.78. The summed E-state index contributed by atoms with van der Waals surface area (Å²) in [5, 5.41) is 3.14. The van der Waals surface area contributed by atoms with Gasteiger partial charge in [0.15, 0.2) is 0 Å². The van der Waals surface area contributed by atoms with Crippen LogP contribution in [-0.4, -0.2) is 18.4 Å². The number of nitrogens with one attached hydrogen (secondary N) is 1. The zero-order valence-electron chi connectivity index (χ0n) is 11.5. The third-order valence-corrected chi connectivity index (χ3v) is 3.14. The fourth-order valence-electron chi connectivity index (χ4n) is 2.09. The van der Waals surface area contributed by atoms with Crippen molar-refractivity contribution in [1.29, 1.82) is 0 Å². The Kier molecular flexibility index (Phi) is 6.64. The maximum atomic E-state index is 13.4. The summed E-state index contributed by atoms with van der Waals surface area (Å²) in [4.78, 5) is 11.7. The molecule has 1 atom stereocenters. The van der Waals surface area contributed by atoms with Crippen molar-refractivity contribution in [1.82, 2.24) is 5.32 Å². The molecule has 0 bridgehead atoms. The average molecular weight is 269 g/mol. The van der Waals surface area contributed by atoms with Gasteiger partial charge in [-0.1, -0.05) is 19.9 Å². The Labute approximate surface area is 113 Å². The molecular formula is C15H21F2NO. The van der Waals surface area contributed by atoms with Crippen molar-refractivity contribution < 1.29 is 13.6 Å². The molecule has 0 radical (unpaired) electrons. The van der Waals surface area contributed by atoms with Crippen molar-refractivity contribution in [3.05, 3.63) is 35.4 Å². The van der Waals surface area contributed by atoms with E-state index in [4.69, 9.17) is 0 Å². The quantitative estimate of drug-likeness (QED) is 0.785. The summed E-state index contributed by atoms with van der Waals surface area (Å²) < 4.78 is 26.2. The number of rotatable bonds is 8. The molecule has 19 heavy (non-hydrogen) atoms. The molecular weight excluding hydrogens is 248 g/mol. The van der Waals surface area contributed by atoms with Crippen molar-refractivity contribution in [3.63, 3.8) is 0 Å². The van der Waals surface area contributed by atoms with E-state index in [1.54, 1.807) is 0 Å². The molecule has 0 aliphatic rings. The number of likely N-dealkylation sites (N-methyl/N-ethyl adjacent to an activating group) is 1. The summed E-state index contributed by atoms with van der Waals surface area (Å²) in [5.74, 6) is -0.892. The highest BCUT2D eigenvalue weighted by Gasteiger charge is 2.15. The van der Waals surface area contributed by atoms with E-state index in [0.717, 1.165) is 12.6 Å². The molecule has 0 saturated heterocycles. The van der Waals surface area contributed by atoms with E-state index < -0.39 is 11.6 Å². The number of aryl methyl sites for hydroxylation is 1. The third kappa shape index (κ3) is 5.07. The van der Waals surface area contributed by atoms with Crippen LogP contribution in [0.25, 0.3) is 0 Å². The lowest BCUT2D eigenvalue weighted by Gasteiger charge is -2.15. The first-order chi connectivity index (χ1) is 9.08. The topological polar surface area (TPSA) is 29.1 Å². The van der Waals surface area contributed by atoms with Crippen molar-refractivity contribution >= 4 is 5.78 Å². The van der Waals surface area contributed by atoms with Crippen molar-refractivity contribution in [2.24, 2.45) is 0 Å². The number of benzene rings is 1. The number of carbonyl (C=O) groups excluding carboxylic acids is 1. The molecule has 0 aliphatic heterocycles. The predicted octanol–water partition coefficient (Wildman–Crippen LogP) is 3.24. The molecule has 0 saturated carbocycles. The molecule has 106 valence electrons. The van der Waals surface area contributed by atoms with Crippen molar-refractivity contribution in [3.8, 4) is 0 Å². The number of Topliss-reactive ketones (excluding diaryl/α,β-unsaturated/α-hetero) is 1. The molecule has 0 fully saturated rings. The lowest BCUT2D eigenvalue weighted by molar-refractivity contribution is -0.120. The van der Waals surface area contributed by atoms with E-state index >= 15 is 0 Å².